The van der Waals surface area contributed by atoms with Crippen LogP contribution in [0.15, 0.2) is 12.2 Å². The minimum Gasteiger partial charge on any atom is -0.756 e. The number of unbranched alkanes of at least 4 members (excludes halogenated alkanes) is 16. The molecule has 0 aliphatic carbocycles. The van der Waals surface area contributed by atoms with Crippen LogP contribution in [0.3, 0.4) is 0 Å². The summed E-state index contributed by atoms with van der Waals surface area (Å²) >= 11 is 0. The number of carbonyl (C=O) groups excluding carboxylic acids is 2. The van der Waals surface area contributed by atoms with Gasteiger partial charge in [-0.1, -0.05) is 110 Å². The van der Waals surface area contributed by atoms with Gasteiger partial charge in [-0.15, -0.1) is 0 Å². The van der Waals surface area contributed by atoms with Gasteiger partial charge in [-0.05, 0) is 25.3 Å². The van der Waals surface area contributed by atoms with Gasteiger partial charge < -0.3 is 38.1 Å². The molecule has 0 fully saturated rings. The number of rotatable bonds is 34. The van der Waals surface area contributed by atoms with E-state index in [2.05, 4.69) is 6.92 Å². The Morgan fingerprint density at radius 1 is 0.735 bits per heavy atom. The summed E-state index contributed by atoms with van der Waals surface area (Å²) < 4.78 is 33.5. The van der Waals surface area contributed by atoms with Crippen molar-refractivity contribution < 1.29 is 57.1 Å². The summed E-state index contributed by atoms with van der Waals surface area (Å²) in [6.07, 6.45) is 20.3. The van der Waals surface area contributed by atoms with Crippen molar-refractivity contribution in [1.82, 2.24) is 0 Å². The smallest absolute Gasteiger partial charge is 0.328 e. The molecule has 0 spiro atoms. The number of aliphatic hydroxyl groups excluding tert-OH is 1. The molecule has 13 heteroatoms. The fourth-order valence-electron chi connectivity index (χ4n) is 4.99. The summed E-state index contributed by atoms with van der Waals surface area (Å²) in [5, 5.41) is 18.3. The molecular weight excluding hydrogens is 653 g/mol. The molecule has 0 aliphatic heterocycles. The first-order valence-electron chi connectivity index (χ1n) is 18.6. The number of carboxylic acids is 1. The third-order valence-corrected chi connectivity index (χ3v) is 8.95. The second-order valence-electron chi connectivity index (χ2n) is 13.9. The summed E-state index contributed by atoms with van der Waals surface area (Å²) in [6.45, 7) is 1.76. The molecule has 0 radical (unpaired) electrons. The third kappa shape index (κ3) is 34.4. The molecule has 3 unspecified atom stereocenters. The van der Waals surface area contributed by atoms with E-state index in [9.17, 15) is 28.9 Å². The predicted molar refractivity (Wildman–Crippen MR) is 189 cm³/mol. The monoisotopic (exact) mass is 721 g/mol. The quantitative estimate of drug-likeness (QED) is 0.0234. The van der Waals surface area contributed by atoms with Crippen molar-refractivity contribution in [3.8, 4) is 0 Å². The van der Waals surface area contributed by atoms with E-state index in [4.69, 9.17) is 23.6 Å². The number of esters is 2. The maximum absolute atomic E-state index is 12.5. The average molecular weight is 722 g/mol. The lowest BCUT2D eigenvalue weighted by Crippen LogP contribution is -2.37. The van der Waals surface area contributed by atoms with Gasteiger partial charge in [-0.3, -0.25) is 14.2 Å². The van der Waals surface area contributed by atoms with Crippen LogP contribution in [0.1, 0.15) is 142 Å². The Hall–Kier alpha value is -1.82. The number of aliphatic hydroxyl groups is 1. The van der Waals surface area contributed by atoms with Gasteiger partial charge in [0, 0.05) is 18.9 Å². The molecular formula is C36H68NO11P. The lowest BCUT2D eigenvalue weighted by molar-refractivity contribution is -0.870. The third-order valence-electron chi connectivity index (χ3n) is 7.98. The summed E-state index contributed by atoms with van der Waals surface area (Å²) in [4.78, 5) is 47.7. The number of hydrogen-bond donors (Lipinski definition) is 2. The number of nitrogens with zero attached hydrogens (tertiary/aromatic N) is 1. The second-order valence-corrected chi connectivity index (χ2v) is 15.4. The van der Waals surface area contributed by atoms with Gasteiger partial charge in [0.25, 0.3) is 7.82 Å². The van der Waals surface area contributed by atoms with Crippen LogP contribution in [-0.4, -0.2) is 92.3 Å². The SMILES string of the molecule is CCCCCCCCCCCCCCCC(=O)OCC(COP(=O)([O-])OCC[N+](C)(C)C)OC(=O)CCCCCCCC(O)/C=C/C(=O)O. The van der Waals surface area contributed by atoms with E-state index in [1.165, 1.54) is 63.9 Å². The highest BCUT2D eigenvalue weighted by Crippen LogP contribution is 2.38. The number of quaternary nitrogens is 1. The van der Waals surface area contributed by atoms with Gasteiger partial charge in [-0.25, -0.2) is 4.79 Å². The number of carboxylic acid groups (broad SMARTS) is 1. The van der Waals surface area contributed by atoms with Crippen LogP contribution in [0.2, 0.25) is 0 Å². The summed E-state index contributed by atoms with van der Waals surface area (Å²) in [7, 11) is 1.03. The first kappa shape index (κ1) is 47.2. The topological polar surface area (TPSA) is 169 Å². The Balaban J connectivity index is 4.48. The molecule has 0 heterocycles. The van der Waals surface area contributed by atoms with Crippen molar-refractivity contribution in [3.05, 3.63) is 12.2 Å². The fourth-order valence-corrected chi connectivity index (χ4v) is 5.72. The number of aliphatic carboxylic acids is 1. The van der Waals surface area contributed by atoms with Crippen LogP contribution >= 0.6 is 7.82 Å². The molecule has 0 saturated heterocycles. The molecule has 0 rings (SSSR count). The highest BCUT2D eigenvalue weighted by atomic mass is 31.2. The molecule has 3 atom stereocenters. The first-order chi connectivity index (χ1) is 23.2. The van der Waals surface area contributed by atoms with Crippen molar-refractivity contribution in [1.29, 1.82) is 0 Å². The molecule has 2 N–H and O–H groups in total. The van der Waals surface area contributed by atoms with Crippen LogP contribution in [0.4, 0.5) is 0 Å². The summed E-state index contributed by atoms with van der Waals surface area (Å²) in [5.74, 6) is -2.09. The van der Waals surface area contributed by atoms with Gasteiger partial charge in [0.2, 0.25) is 0 Å². The molecule has 0 aromatic carbocycles. The second kappa shape index (κ2) is 29.9. The predicted octanol–water partition coefficient (Wildman–Crippen LogP) is 6.86. The average Bonchev–Trinajstić information content (AvgIpc) is 3.02. The first-order valence-corrected chi connectivity index (χ1v) is 20.0. The van der Waals surface area contributed by atoms with Crippen LogP contribution in [0.5, 0.6) is 0 Å². The Bertz CT molecular complexity index is 938. The molecule has 12 nitrogen and oxygen atoms in total. The standard InChI is InChI=1S/C36H68NO11P/c1-5-6-7-8-9-10-11-12-13-14-15-18-21-24-35(41)45-30-33(31-47-49(43,44)46-29-28-37(2,3)4)48-36(42)25-22-19-16-17-20-23-32(38)26-27-34(39)40/h26-27,32-33,38H,5-25,28-31H2,1-4H3,(H-,39,40,43,44)/b27-26+. The van der Waals surface area contributed by atoms with Gasteiger partial charge >= 0.3 is 17.9 Å². The number of hydrogen-bond acceptors (Lipinski definition) is 10. The van der Waals surface area contributed by atoms with Gasteiger partial charge in [0.05, 0.1) is 33.9 Å². The number of likely N-dealkylation sites (N-methyl/N-ethyl adjacent to an activating group) is 1. The zero-order valence-electron chi connectivity index (χ0n) is 31.0. The van der Waals surface area contributed by atoms with E-state index in [-0.39, 0.29) is 26.1 Å². The van der Waals surface area contributed by atoms with E-state index < -0.39 is 44.5 Å². The van der Waals surface area contributed by atoms with Crippen LogP contribution in [-0.2, 0) is 37.5 Å². The normalized spacial score (nSPS) is 14.4. The molecule has 0 amide bonds. The molecule has 288 valence electrons. The number of carbonyl (C=O) groups is 3. The zero-order valence-corrected chi connectivity index (χ0v) is 31.8. The van der Waals surface area contributed by atoms with Gasteiger partial charge in [-0.2, -0.15) is 0 Å². The van der Waals surface area contributed by atoms with E-state index in [1.807, 2.05) is 21.1 Å². The van der Waals surface area contributed by atoms with Crippen molar-refractivity contribution in [2.75, 3.05) is 47.5 Å². The van der Waals surface area contributed by atoms with Gasteiger partial charge in [0.15, 0.2) is 6.10 Å². The maximum Gasteiger partial charge on any atom is 0.328 e. The highest BCUT2D eigenvalue weighted by Gasteiger charge is 2.21. The van der Waals surface area contributed by atoms with Crippen LogP contribution in [0, 0.1) is 0 Å². The fraction of sp³-hybridized carbons (Fsp3) is 0.861. The Kier molecular flexibility index (Phi) is 28.8. The summed E-state index contributed by atoms with van der Waals surface area (Å²) in [6, 6.07) is 0. The number of ether oxygens (including phenoxy) is 2. The summed E-state index contributed by atoms with van der Waals surface area (Å²) in [5.41, 5.74) is 0. The van der Waals surface area contributed by atoms with E-state index in [0.29, 0.717) is 36.7 Å². The van der Waals surface area contributed by atoms with Crippen molar-refractivity contribution in [2.45, 2.75) is 154 Å². The molecule has 0 aliphatic rings. The minimum atomic E-state index is -4.66. The van der Waals surface area contributed by atoms with Crippen molar-refractivity contribution in [3.63, 3.8) is 0 Å². The maximum atomic E-state index is 12.5. The molecule has 0 saturated carbocycles. The van der Waals surface area contributed by atoms with E-state index in [1.54, 1.807) is 0 Å². The molecule has 49 heavy (non-hydrogen) atoms. The Labute approximate surface area is 296 Å². The van der Waals surface area contributed by atoms with Crippen LogP contribution in [0.25, 0.3) is 0 Å². The molecule has 0 aromatic heterocycles. The lowest BCUT2D eigenvalue weighted by Gasteiger charge is -2.28. The number of phosphoric acid groups is 1. The van der Waals surface area contributed by atoms with Gasteiger partial charge in [0.1, 0.15) is 19.8 Å². The number of phosphoric ester groups is 1. The highest BCUT2D eigenvalue weighted by molar-refractivity contribution is 7.45. The molecule has 0 aromatic rings. The Morgan fingerprint density at radius 2 is 1.22 bits per heavy atom. The van der Waals surface area contributed by atoms with Crippen molar-refractivity contribution >= 4 is 25.7 Å². The van der Waals surface area contributed by atoms with Crippen LogP contribution < -0.4 is 4.89 Å². The lowest BCUT2D eigenvalue weighted by atomic mass is 10.0. The van der Waals surface area contributed by atoms with E-state index >= 15 is 0 Å². The van der Waals surface area contributed by atoms with Crippen molar-refractivity contribution in [2.24, 2.45) is 0 Å². The molecule has 0 bridgehead atoms. The largest absolute Gasteiger partial charge is 0.756 e. The minimum absolute atomic E-state index is 0.0686. The van der Waals surface area contributed by atoms with E-state index in [0.717, 1.165) is 44.6 Å². The Morgan fingerprint density at radius 3 is 1.73 bits per heavy atom. The zero-order chi connectivity index (χ0) is 36.8.